The molecule has 1 aliphatic heterocycles. The molecule has 138 valence electrons. The number of rotatable bonds is 6. The number of para-hydroxylation sites is 1. The number of carbonyl (C=O) groups excluding carboxylic acids is 1. The Kier molecular flexibility index (Phi) is 5.78. The van der Waals surface area contributed by atoms with Crippen molar-refractivity contribution in [2.45, 2.75) is 19.4 Å². The number of nitrogens with zero attached hydrogens (tertiary/aromatic N) is 2. The van der Waals surface area contributed by atoms with Gasteiger partial charge in [-0.1, -0.05) is 18.2 Å². The number of methoxy groups -OCH3 is 2. The predicted molar refractivity (Wildman–Crippen MR) is 103 cm³/mol. The molecule has 1 aliphatic rings. The van der Waals surface area contributed by atoms with Crippen LogP contribution in [0.2, 0.25) is 0 Å². The average molecular weight is 354 g/mol. The van der Waals surface area contributed by atoms with Crippen LogP contribution in [-0.4, -0.2) is 45.2 Å². The van der Waals surface area contributed by atoms with Crippen molar-refractivity contribution in [3.05, 3.63) is 53.6 Å². The molecule has 0 aliphatic carbocycles. The second kappa shape index (κ2) is 8.23. The van der Waals surface area contributed by atoms with E-state index in [1.165, 1.54) is 11.1 Å². The fourth-order valence-electron chi connectivity index (χ4n) is 3.35. The molecule has 2 aromatic rings. The second-order valence-electron chi connectivity index (χ2n) is 6.54. The molecule has 1 amide bonds. The molecule has 0 saturated heterocycles. The molecular formula is C21H26N2O3. The number of ether oxygens (including phenoxy) is 2. The fourth-order valence-corrected chi connectivity index (χ4v) is 3.35. The summed E-state index contributed by atoms with van der Waals surface area (Å²) in [5, 5.41) is 0. The van der Waals surface area contributed by atoms with E-state index in [0.29, 0.717) is 6.42 Å². The SMILES string of the molecule is COc1cc2c(cc1OC)CN(CCC(=O)N(C)c1ccccc1)CC2. The van der Waals surface area contributed by atoms with E-state index in [9.17, 15) is 4.79 Å². The second-order valence-corrected chi connectivity index (χ2v) is 6.54. The molecule has 2 aromatic carbocycles. The summed E-state index contributed by atoms with van der Waals surface area (Å²) in [6.45, 7) is 2.53. The van der Waals surface area contributed by atoms with Crippen LogP contribution in [0.25, 0.3) is 0 Å². The van der Waals surface area contributed by atoms with Crippen LogP contribution in [0.15, 0.2) is 42.5 Å². The standard InChI is InChI=1S/C21H26N2O3/c1-22(18-7-5-4-6-8-18)21(24)10-12-23-11-9-16-13-19(25-2)20(26-3)14-17(16)15-23/h4-8,13-14H,9-12,15H2,1-3H3. The van der Waals surface area contributed by atoms with Gasteiger partial charge in [-0.25, -0.2) is 0 Å². The van der Waals surface area contributed by atoms with Crippen molar-refractivity contribution in [1.29, 1.82) is 0 Å². The highest BCUT2D eigenvalue weighted by atomic mass is 16.5. The number of amides is 1. The number of benzene rings is 2. The molecule has 5 nitrogen and oxygen atoms in total. The molecule has 0 N–H and O–H groups in total. The predicted octanol–water partition coefficient (Wildman–Crippen LogP) is 3.12. The lowest BCUT2D eigenvalue weighted by atomic mass is 9.98. The molecule has 0 atom stereocenters. The Morgan fingerprint density at radius 3 is 2.38 bits per heavy atom. The first-order chi connectivity index (χ1) is 12.6. The fraction of sp³-hybridized carbons (Fsp3) is 0.381. The van der Waals surface area contributed by atoms with Crippen LogP contribution >= 0.6 is 0 Å². The maximum Gasteiger partial charge on any atom is 0.228 e. The van der Waals surface area contributed by atoms with E-state index < -0.39 is 0 Å². The minimum absolute atomic E-state index is 0.134. The molecular weight excluding hydrogens is 328 g/mol. The third-order valence-corrected chi connectivity index (χ3v) is 4.96. The normalized spacial score (nSPS) is 13.8. The Morgan fingerprint density at radius 2 is 1.73 bits per heavy atom. The molecule has 5 heteroatoms. The molecule has 0 fully saturated rings. The van der Waals surface area contributed by atoms with E-state index in [-0.39, 0.29) is 5.91 Å². The minimum Gasteiger partial charge on any atom is -0.493 e. The molecule has 0 spiro atoms. The Bertz CT molecular complexity index is 761. The lowest BCUT2D eigenvalue weighted by Crippen LogP contribution is -2.35. The van der Waals surface area contributed by atoms with Gasteiger partial charge >= 0.3 is 0 Å². The first-order valence-electron chi connectivity index (χ1n) is 8.90. The van der Waals surface area contributed by atoms with Crippen molar-refractivity contribution in [2.24, 2.45) is 0 Å². The molecule has 0 radical (unpaired) electrons. The summed E-state index contributed by atoms with van der Waals surface area (Å²) in [5.74, 6) is 1.67. The van der Waals surface area contributed by atoms with Crippen molar-refractivity contribution in [2.75, 3.05) is 39.3 Å². The van der Waals surface area contributed by atoms with Gasteiger partial charge in [0, 0.05) is 38.8 Å². The minimum atomic E-state index is 0.134. The maximum atomic E-state index is 12.5. The van der Waals surface area contributed by atoms with E-state index in [4.69, 9.17) is 9.47 Å². The number of hydrogen-bond donors (Lipinski definition) is 0. The van der Waals surface area contributed by atoms with Crippen LogP contribution in [-0.2, 0) is 17.8 Å². The van der Waals surface area contributed by atoms with Crippen molar-refractivity contribution in [3.63, 3.8) is 0 Å². The zero-order valence-electron chi connectivity index (χ0n) is 15.7. The average Bonchev–Trinajstić information content (AvgIpc) is 2.70. The van der Waals surface area contributed by atoms with Crippen LogP contribution in [0.5, 0.6) is 11.5 Å². The van der Waals surface area contributed by atoms with Gasteiger partial charge in [-0.15, -0.1) is 0 Å². The molecule has 0 aromatic heterocycles. The van der Waals surface area contributed by atoms with Crippen LogP contribution in [0.4, 0.5) is 5.69 Å². The maximum absolute atomic E-state index is 12.5. The molecule has 1 heterocycles. The Labute approximate surface area is 155 Å². The quantitative estimate of drug-likeness (QED) is 0.799. The Hall–Kier alpha value is -2.53. The van der Waals surface area contributed by atoms with E-state index in [2.05, 4.69) is 17.0 Å². The topological polar surface area (TPSA) is 42.0 Å². The highest BCUT2D eigenvalue weighted by Crippen LogP contribution is 2.33. The summed E-state index contributed by atoms with van der Waals surface area (Å²) >= 11 is 0. The smallest absolute Gasteiger partial charge is 0.228 e. The van der Waals surface area contributed by atoms with Crippen molar-refractivity contribution in [3.8, 4) is 11.5 Å². The van der Waals surface area contributed by atoms with Gasteiger partial charge in [0.25, 0.3) is 0 Å². The van der Waals surface area contributed by atoms with Crippen molar-refractivity contribution >= 4 is 11.6 Å². The molecule has 0 saturated carbocycles. The number of anilines is 1. The summed E-state index contributed by atoms with van der Waals surface area (Å²) in [4.78, 5) is 16.5. The molecule has 0 unspecified atom stereocenters. The monoisotopic (exact) mass is 354 g/mol. The van der Waals surface area contributed by atoms with Gasteiger partial charge in [0.15, 0.2) is 11.5 Å². The van der Waals surface area contributed by atoms with E-state index in [0.717, 1.165) is 43.2 Å². The molecule has 0 bridgehead atoms. The first kappa shape index (κ1) is 18.3. The summed E-state index contributed by atoms with van der Waals surface area (Å²) in [6.07, 6.45) is 1.46. The lowest BCUT2D eigenvalue weighted by Gasteiger charge is -2.30. The zero-order valence-corrected chi connectivity index (χ0v) is 15.7. The summed E-state index contributed by atoms with van der Waals surface area (Å²) in [7, 11) is 5.15. The number of carbonyl (C=O) groups is 1. The van der Waals surface area contributed by atoms with Crippen LogP contribution < -0.4 is 14.4 Å². The Morgan fingerprint density at radius 1 is 1.08 bits per heavy atom. The van der Waals surface area contributed by atoms with Crippen molar-refractivity contribution < 1.29 is 14.3 Å². The summed E-state index contributed by atoms with van der Waals surface area (Å²) in [5.41, 5.74) is 3.47. The van der Waals surface area contributed by atoms with E-state index >= 15 is 0 Å². The van der Waals surface area contributed by atoms with E-state index in [1.54, 1.807) is 19.1 Å². The highest BCUT2D eigenvalue weighted by Gasteiger charge is 2.20. The highest BCUT2D eigenvalue weighted by molar-refractivity contribution is 5.92. The van der Waals surface area contributed by atoms with Gasteiger partial charge in [-0.2, -0.15) is 0 Å². The largest absolute Gasteiger partial charge is 0.493 e. The van der Waals surface area contributed by atoms with Gasteiger partial charge < -0.3 is 14.4 Å². The zero-order chi connectivity index (χ0) is 18.5. The van der Waals surface area contributed by atoms with Gasteiger partial charge in [0.1, 0.15) is 0 Å². The summed E-state index contributed by atoms with van der Waals surface area (Å²) < 4.78 is 10.8. The van der Waals surface area contributed by atoms with Crippen molar-refractivity contribution in [1.82, 2.24) is 4.90 Å². The van der Waals surface area contributed by atoms with E-state index in [1.807, 2.05) is 37.4 Å². The lowest BCUT2D eigenvalue weighted by molar-refractivity contribution is -0.118. The number of fused-ring (bicyclic) bond motifs is 1. The van der Waals surface area contributed by atoms with Crippen LogP contribution in [0, 0.1) is 0 Å². The summed E-state index contributed by atoms with van der Waals surface area (Å²) in [6, 6.07) is 13.9. The number of hydrogen-bond acceptors (Lipinski definition) is 4. The third-order valence-electron chi connectivity index (χ3n) is 4.96. The molecule has 26 heavy (non-hydrogen) atoms. The van der Waals surface area contributed by atoms with Gasteiger partial charge in [0.2, 0.25) is 5.91 Å². The molecule has 3 rings (SSSR count). The third kappa shape index (κ3) is 3.99. The van der Waals surface area contributed by atoms with Gasteiger partial charge in [-0.3, -0.25) is 9.69 Å². The van der Waals surface area contributed by atoms with Crippen LogP contribution in [0.1, 0.15) is 17.5 Å². The van der Waals surface area contributed by atoms with Gasteiger partial charge in [0.05, 0.1) is 14.2 Å². The van der Waals surface area contributed by atoms with Crippen LogP contribution in [0.3, 0.4) is 0 Å². The van der Waals surface area contributed by atoms with Gasteiger partial charge in [-0.05, 0) is 41.8 Å². The first-order valence-corrected chi connectivity index (χ1v) is 8.90. The Balaban J connectivity index is 1.60.